The average molecular weight is 298 g/mol. The van der Waals surface area contributed by atoms with Gasteiger partial charge in [-0.1, -0.05) is 60.3 Å². The van der Waals surface area contributed by atoms with Crippen molar-refractivity contribution in [1.82, 2.24) is 5.32 Å². The molecular formula is C16H14N2O2S. The zero-order chi connectivity index (χ0) is 14.5. The van der Waals surface area contributed by atoms with Gasteiger partial charge in [-0.3, -0.25) is 10.3 Å². The standard InChI is InChI=1S/C16H14N2O2S/c19-16(20-13-9-5-2-6-10-13)18-15-17-14(11-21-15)12-7-3-1-4-8-12/h1-10,14H,11H2,(H,17,18,19). The van der Waals surface area contributed by atoms with Gasteiger partial charge in [0.25, 0.3) is 0 Å². The molecule has 1 unspecified atom stereocenters. The predicted octanol–water partition coefficient (Wildman–Crippen LogP) is 3.62. The number of benzene rings is 2. The number of ether oxygens (including phenoxy) is 1. The van der Waals surface area contributed by atoms with E-state index < -0.39 is 6.09 Å². The largest absolute Gasteiger partial charge is 0.418 e. The maximum atomic E-state index is 11.8. The number of hydrogen-bond donors (Lipinski definition) is 1. The van der Waals surface area contributed by atoms with E-state index in [0.717, 1.165) is 11.3 Å². The summed E-state index contributed by atoms with van der Waals surface area (Å²) in [5.41, 5.74) is 1.15. The van der Waals surface area contributed by atoms with Crippen LogP contribution in [0.15, 0.2) is 65.7 Å². The van der Waals surface area contributed by atoms with Crippen LogP contribution < -0.4 is 10.1 Å². The lowest BCUT2D eigenvalue weighted by Crippen LogP contribution is -2.30. The lowest BCUT2D eigenvalue weighted by atomic mass is 10.1. The molecule has 0 fully saturated rings. The molecule has 0 saturated carbocycles. The highest BCUT2D eigenvalue weighted by Gasteiger charge is 2.21. The second-order valence-electron chi connectivity index (χ2n) is 4.50. The van der Waals surface area contributed by atoms with E-state index >= 15 is 0 Å². The van der Waals surface area contributed by atoms with Crippen LogP contribution in [0, 0.1) is 0 Å². The van der Waals surface area contributed by atoms with Crippen LogP contribution in [0.1, 0.15) is 11.6 Å². The number of para-hydroxylation sites is 1. The Hall–Kier alpha value is -2.27. The third-order valence-electron chi connectivity index (χ3n) is 3.00. The second kappa shape index (κ2) is 6.45. The molecule has 4 nitrogen and oxygen atoms in total. The van der Waals surface area contributed by atoms with Crippen LogP contribution in [0.3, 0.4) is 0 Å². The first-order valence-electron chi connectivity index (χ1n) is 6.61. The number of amidine groups is 1. The minimum absolute atomic E-state index is 0.0863. The highest BCUT2D eigenvalue weighted by Crippen LogP contribution is 2.29. The second-order valence-corrected chi connectivity index (χ2v) is 5.51. The molecule has 1 amide bonds. The summed E-state index contributed by atoms with van der Waals surface area (Å²) in [4.78, 5) is 16.3. The molecule has 0 radical (unpaired) electrons. The van der Waals surface area contributed by atoms with Crippen molar-refractivity contribution in [1.29, 1.82) is 0 Å². The normalized spacial score (nSPS) is 17.1. The number of rotatable bonds is 2. The van der Waals surface area contributed by atoms with Gasteiger partial charge in [-0.2, -0.15) is 0 Å². The first kappa shape index (κ1) is 13.7. The summed E-state index contributed by atoms with van der Waals surface area (Å²) in [6.07, 6.45) is -0.513. The van der Waals surface area contributed by atoms with Crippen LogP contribution in [-0.2, 0) is 0 Å². The zero-order valence-electron chi connectivity index (χ0n) is 11.2. The molecule has 2 aromatic rings. The smallest absolute Gasteiger partial charge is 0.410 e. The summed E-state index contributed by atoms with van der Waals surface area (Å²) >= 11 is 1.52. The number of carbonyl (C=O) groups is 1. The van der Waals surface area contributed by atoms with Crippen molar-refractivity contribution >= 4 is 23.0 Å². The van der Waals surface area contributed by atoms with Crippen molar-refractivity contribution in [2.45, 2.75) is 6.04 Å². The maximum absolute atomic E-state index is 11.8. The van der Waals surface area contributed by atoms with Gasteiger partial charge >= 0.3 is 6.09 Å². The Balaban J connectivity index is 1.60. The van der Waals surface area contributed by atoms with Gasteiger partial charge in [-0.25, -0.2) is 4.79 Å². The molecule has 5 heteroatoms. The van der Waals surface area contributed by atoms with Gasteiger partial charge in [-0.15, -0.1) is 0 Å². The number of carbonyl (C=O) groups excluding carboxylic acids is 1. The first-order valence-corrected chi connectivity index (χ1v) is 7.59. The van der Waals surface area contributed by atoms with Gasteiger partial charge in [0.15, 0.2) is 5.17 Å². The van der Waals surface area contributed by atoms with Crippen LogP contribution in [0.5, 0.6) is 5.75 Å². The summed E-state index contributed by atoms with van der Waals surface area (Å²) in [5, 5.41) is 3.28. The molecule has 1 aliphatic heterocycles. The van der Waals surface area contributed by atoms with Gasteiger partial charge in [0.2, 0.25) is 0 Å². The average Bonchev–Trinajstić information content (AvgIpc) is 2.97. The Morgan fingerprint density at radius 3 is 2.48 bits per heavy atom. The number of aliphatic imine (C=N–C) groups is 1. The monoisotopic (exact) mass is 298 g/mol. The van der Waals surface area contributed by atoms with Crippen molar-refractivity contribution in [3.8, 4) is 5.75 Å². The molecule has 2 aromatic carbocycles. The lowest BCUT2D eigenvalue weighted by molar-refractivity contribution is 0.206. The number of hydrogen-bond acceptors (Lipinski definition) is 4. The number of amides is 1. The molecule has 0 saturated heterocycles. The Labute approximate surface area is 127 Å². The summed E-state index contributed by atoms with van der Waals surface area (Å²) < 4.78 is 5.17. The lowest BCUT2D eigenvalue weighted by Gasteiger charge is -2.05. The molecule has 1 N–H and O–H groups in total. The van der Waals surface area contributed by atoms with Crippen molar-refractivity contribution in [3.05, 3.63) is 66.2 Å². The van der Waals surface area contributed by atoms with Crippen molar-refractivity contribution in [2.75, 3.05) is 5.75 Å². The summed E-state index contributed by atoms with van der Waals surface area (Å²) in [5.74, 6) is 1.34. The van der Waals surface area contributed by atoms with E-state index in [9.17, 15) is 4.79 Å². The topological polar surface area (TPSA) is 50.7 Å². The van der Waals surface area contributed by atoms with Crippen molar-refractivity contribution in [2.24, 2.45) is 4.99 Å². The van der Waals surface area contributed by atoms with E-state index in [1.165, 1.54) is 11.8 Å². The Kier molecular flexibility index (Phi) is 4.21. The van der Waals surface area contributed by atoms with E-state index in [1.807, 2.05) is 48.5 Å². The summed E-state index contributed by atoms with van der Waals surface area (Å²) in [6.45, 7) is 0. The zero-order valence-corrected chi connectivity index (χ0v) is 12.0. The molecule has 0 aliphatic carbocycles. The van der Waals surface area contributed by atoms with Gasteiger partial charge < -0.3 is 4.74 Å². The molecule has 1 aliphatic rings. The Morgan fingerprint density at radius 2 is 1.76 bits per heavy atom. The molecule has 106 valence electrons. The van der Waals surface area contributed by atoms with E-state index in [2.05, 4.69) is 10.3 Å². The molecule has 0 spiro atoms. The summed E-state index contributed by atoms with van der Waals surface area (Å²) in [7, 11) is 0. The van der Waals surface area contributed by atoms with Crippen LogP contribution in [0.4, 0.5) is 4.79 Å². The third-order valence-corrected chi connectivity index (χ3v) is 3.96. The SMILES string of the molecule is O=C(NC1=NC(c2ccccc2)CS1)Oc1ccccc1. The minimum Gasteiger partial charge on any atom is -0.410 e. The van der Waals surface area contributed by atoms with Gasteiger partial charge in [-0.05, 0) is 17.7 Å². The number of nitrogens with one attached hydrogen (secondary N) is 1. The van der Waals surface area contributed by atoms with Crippen LogP contribution in [0.2, 0.25) is 0 Å². The molecule has 1 atom stereocenters. The fourth-order valence-corrected chi connectivity index (χ4v) is 2.94. The van der Waals surface area contributed by atoms with E-state index in [-0.39, 0.29) is 6.04 Å². The highest BCUT2D eigenvalue weighted by atomic mass is 32.2. The van der Waals surface area contributed by atoms with Crippen LogP contribution in [0.25, 0.3) is 0 Å². The Bertz CT molecular complexity index is 644. The Morgan fingerprint density at radius 1 is 1.10 bits per heavy atom. The number of thioether (sulfide) groups is 1. The maximum Gasteiger partial charge on any atom is 0.418 e. The molecular weight excluding hydrogens is 284 g/mol. The van der Waals surface area contributed by atoms with E-state index in [1.54, 1.807) is 12.1 Å². The van der Waals surface area contributed by atoms with E-state index in [0.29, 0.717) is 10.9 Å². The molecule has 0 aromatic heterocycles. The van der Waals surface area contributed by atoms with Gasteiger partial charge in [0.05, 0.1) is 6.04 Å². The quantitative estimate of drug-likeness (QED) is 0.921. The molecule has 21 heavy (non-hydrogen) atoms. The highest BCUT2D eigenvalue weighted by molar-refractivity contribution is 8.14. The molecule has 1 heterocycles. The fraction of sp³-hybridized carbons (Fsp3) is 0.125. The van der Waals surface area contributed by atoms with Crippen LogP contribution in [-0.4, -0.2) is 17.0 Å². The first-order chi connectivity index (χ1) is 10.3. The van der Waals surface area contributed by atoms with Crippen molar-refractivity contribution in [3.63, 3.8) is 0 Å². The minimum atomic E-state index is -0.513. The fourth-order valence-electron chi connectivity index (χ4n) is 2.00. The van der Waals surface area contributed by atoms with Crippen LogP contribution >= 0.6 is 11.8 Å². The number of nitrogens with zero attached hydrogens (tertiary/aromatic N) is 1. The molecule has 3 rings (SSSR count). The van der Waals surface area contributed by atoms with Gasteiger partial charge in [0.1, 0.15) is 5.75 Å². The third kappa shape index (κ3) is 3.64. The summed E-state index contributed by atoms with van der Waals surface area (Å²) in [6, 6.07) is 19.1. The van der Waals surface area contributed by atoms with Gasteiger partial charge in [0, 0.05) is 5.75 Å². The van der Waals surface area contributed by atoms with Crippen molar-refractivity contribution < 1.29 is 9.53 Å². The van der Waals surface area contributed by atoms with E-state index in [4.69, 9.17) is 4.74 Å². The molecule has 0 bridgehead atoms. The predicted molar refractivity (Wildman–Crippen MR) is 84.7 cm³/mol.